The molecule has 0 bridgehead atoms. The molecule has 2 amide bonds. The highest BCUT2D eigenvalue weighted by atomic mass is 32.1. The van der Waals surface area contributed by atoms with Crippen molar-refractivity contribution in [2.24, 2.45) is 0 Å². The first kappa shape index (κ1) is 17.4. The van der Waals surface area contributed by atoms with Gasteiger partial charge in [-0.05, 0) is 49.4 Å². The van der Waals surface area contributed by atoms with Gasteiger partial charge in [-0.3, -0.25) is 9.59 Å². The minimum atomic E-state index is -0.549. The zero-order valence-electron chi connectivity index (χ0n) is 15.3. The second kappa shape index (κ2) is 6.75. The van der Waals surface area contributed by atoms with Crippen molar-refractivity contribution in [3.8, 4) is 16.5 Å². The summed E-state index contributed by atoms with van der Waals surface area (Å²) in [5.41, 5.74) is 1.92. The van der Waals surface area contributed by atoms with Crippen LogP contribution in [0.5, 0.6) is 5.75 Å². The van der Waals surface area contributed by atoms with Crippen LogP contribution in [0.4, 0.5) is 11.4 Å². The largest absolute Gasteiger partial charge is 0.479 e. The SMILES string of the molecule is C[C@H]1Oc2ccc(NC(=O)c3ccc(-c4nc5ccccc5s4)o3)cc2NC1=O. The molecule has 144 valence electrons. The van der Waals surface area contributed by atoms with Crippen molar-refractivity contribution in [1.82, 2.24) is 4.98 Å². The fourth-order valence-electron chi connectivity index (χ4n) is 3.03. The van der Waals surface area contributed by atoms with E-state index in [-0.39, 0.29) is 11.7 Å². The smallest absolute Gasteiger partial charge is 0.291 e. The first-order valence-corrected chi connectivity index (χ1v) is 9.77. The van der Waals surface area contributed by atoms with Crippen LogP contribution in [0.3, 0.4) is 0 Å². The Balaban J connectivity index is 1.35. The zero-order chi connectivity index (χ0) is 20.0. The van der Waals surface area contributed by atoms with Gasteiger partial charge in [-0.25, -0.2) is 4.98 Å². The molecule has 0 saturated heterocycles. The zero-order valence-corrected chi connectivity index (χ0v) is 16.1. The fraction of sp³-hybridized carbons (Fsp3) is 0.0952. The van der Waals surface area contributed by atoms with Gasteiger partial charge in [0, 0.05) is 5.69 Å². The molecule has 2 aromatic carbocycles. The van der Waals surface area contributed by atoms with Crippen molar-refractivity contribution in [2.75, 3.05) is 10.6 Å². The lowest BCUT2D eigenvalue weighted by atomic mass is 10.2. The van der Waals surface area contributed by atoms with E-state index in [1.54, 1.807) is 37.3 Å². The lowest BCUT2D eigenvalue weighted by Crippen LogP contribution is -2.34. The van der Waals surface area contributed by atoms with Gasteiger partial charge < -0.3 is 19.8 Å². The highest BCUT2D eigenvalue weighted by Crippen LogP contribution is 2.33. The number of thiazole rings is 1. The van der Waals surface area contributed by atoms with E-state index >= 15 is 0 Å². The molecule has 29 heavy (non-hydrogen) atoms. The Morgan fingerprint density at radius 1 is 1.17 bits per heavy atom. The van der Waals surface area contributed by atoms with Gasteiger partial charge >= 0.3 is 0 Å². The summed E-state index contributed by atoms with van der Waals surface area (Å²) in [5, 5.41) is 6.24. The van der Waals surface area contributed by atoms with E-state index in [1.807, 2.05) is 24.3 Å². The number of fused-ring (bicyclic) bond motifs is 2. The standard InChI is InChI=1S/C21H15N3O4S/c1-11-19(25)23-14-10-12(6-7-15(14)27-11)22-20(26)16-8-9-17(28-16)21-24-13-4-2-3-5-18(13)29-21/h2-11H,1H3,(H,22,26)(H,23,25)/t11-/m1/s1. The molecule has 0 saturated carbocycles. The van der Waals surface area contributed by atoms with E-state index in [0.717, 1.165) is 10.2 Å². The van der Waals surface area contributed by atoms with Gasteiger partial charge in [0.15, 0.2) is 22.6 Å². The summed E-state index contributed by atoms with van der Waals surface area (Å²) in [7, 11) is 0. The summed E-state index contributed by atoms with van der Waals surface area (Å²) in [6.07, 6.45) is -0.549. The lowest BCUT2D eigenvalue weighted by molar-refractivity contribution is -0.122. The second-order valence-electron chi connectivity index (χ2n) is 6.57. The third kappa shape index (κ3) is 3.23. The minimum absolute atomic E-state index is 0.172. The Bertz CT molecular complexity index is 1230. The van der Waals surface area contributed by atoms with Gasteiger partial charge in [0.2, 0.25) is 0 Å². The Hall–Kier alpha value is -3.65. The Kier molecular flexibility index (Phi) is 4.06. The van der Waals surface area contributed by atoms with E-state index < -0.39 is 12.0 Å². The number of benzene rings is 2. The maximum atomic E-state index is 12.6. The van der Waals surface area contributed by atoms with Crippen LogP contribution in [0.25, 0.3) is 21.0 Å². The number of carbonyl (C=O) groups is 2. The van der Waals surface area contributed by atoms with Crippen LogP contribution < -0.4 is 15.4 Å². The fourth-order valence-corrected chi connectivity index (χ4v) is 3.96. The topological polar surface area (TPSA) is 93.5 Å². The normalized spacial score (nSPS) is 15.5. The Morgan fingerprint density at radius 3 is 2.90 bits per heavy atom. The number of nitrogens with zero attached hydrogens (tertiary/aromatic N) is 1. The van der Waals surface area contributed by atoms with Gasteiger partial charge in [-0.1, -0.05) is 12.1 Å². The number of furan rings is 1. The van der Waals surface area contributed by atoms with Crippen LogP contribution in [0, 0.1) is 0 Å². The van der Waals surface area contributed by atoms with Crippen LogP contribution >= 0.6 is 11.3 Å². The van der Waals surface area contributed by atoms with E-state index in [1.165, 1.54) is 11.3 Å². The maximum Gasteiger partial charge on any atom is 0.291 e. The molecule has 5 rings (SSSR count). The quantitative estimate of drug-likeness (QED) is 0.522. The molecular weight excluding hydrogens is 390 g/mol. The maximum absolute atomic E-state index is 12.6. The van der Waals surface area contributed by atoms with E-state index in [2.05, 4.69) is 15.6 Å². The van der Waals surface area contributed by atoms with E-state index in [9.17, 15) is 9.59 Å². The summed E-state index contributed by atoms with van der Waals surface area (Å²) in [4.78, 5) is 28.9. The van der Waals surface area contributed by atoms with E-state index in [0.29, 0.717) is 27.9 Å². The highest BCUT2D eigenvalue weighted by Gasteiger charge is 2.24. The molecule has 0 aliphatic carbocycles. The molecule has 0 fully saturated rings. The predicted octanol–water partition coefficient (Wildman–Crippen LogP) is 4.53. The third-order valence-corrected chi connectivity index (χ3v) is 5.55. The molecule has 0 unspecified atom stereocenters. The van der Waals surface area contributed by atoms with Gasteiger partial charge in [-0.2, -0.15) is 0 Å². The molecule has 7 nitrogen and oxygen atoms in total. The predicted molar refractivity (Wildman–Crippen MR) is 110 cm³/mol. The molecular formula is C21H15N3O4S. The second-order valence-corrected chi connectivity index (χ2v) is 7.60. The monoisotopic (exact) mass is 405 g/mol. The Morgan fingerprint density at radius 2 is 2.03 bits per heavy atom. The highest BCUT2D eigenvalue weighted by molar-refractivity contribution is 7.21. The van der Waals surface area contributed by atoms with E-state index in [4.69, 9.17) is 9.15 Å². The van der Waals surface area contributed by atoms with Crippen molar-refractivity contribution in [1.29, 1.82) is 0 Å². The van der Waals surface area contributed by atoms with Crippen molar-refractivity contribution in [2.45, 2.75) is 13.0 Å². The summed E-state index contributed by atoms with van der Waals surface area (Å²) >= 11 is 1.50. The first-order valence-electron chi connectivity index (χ1n) is 8.95. The average Bonchev–Trinajstić information content (AvgIpc) is 3.36. The number of aromatic nitrogens is 1. The van der Waals surface area contributed by atoms with Crippen LogP contribution in [0.1, 0.15) is 17.5 Å². The molecule has 2 aromatic heterocycles. The van der Waals surface area contributed by atoms with Crippen LogP contribution in [-0.4, -0.2) is 22.9 Å². The summed E-state index contributed by atoms with van der Waals surface area (Å²) in [6.45, 7) is 1.67. The number of anilines is 2. The molecule has 1 aliphatic heterocycles. The average molecular weight is 405 g/mol. The molecule has 1 aliphatic rings. The molecule has 1 atom stereocenters. The van der Waals surface area contributed by atoms with Gasteiger partial charge in [-0.15, -0.1) is 11.3 Å². The lowest BCUT2D eigenvalue weighted by Gasteiger charge is -2.23. The number of carbonyl (C=O) groups excluding carboxylic acids is 2. The van der Waals surface area contributed by atoms with Crippen molar-refractivity contribution in [3.63, 3.8) is 0 Å². The number of ether oxygens (including phenoxy) is 1. The molecule has 2 N–H and O–H groups in total. The van der Waals surface area contributed by atoms with Crippen LogP contribution in [0.15, 0.2) is 59.0 Å². The number of amides is 2. The van der Waals surface area contributed by atoms with Gasteiger partial charge in [0.1, 0.15) is 5.75 Å². The van der Waals surface area contributed by atoms with Crippen LogP contribution in [-0.2, 0) is 4.79 Å². The number of rotatable bonds is 3. The minimum Gasteiger partial charge on any atom is -0.479 e. The summed E-state index contributed by atoms with van der Waals surface area (Å²) in [5.74, 6) is 0.648. The van der Waals surface area contributed by atoms with Gasteiger partial charge in [0.25, 0.3) is 11.8 Å². The van der Waals surface area contributed by atoms with Crippen molar-refractivity contribution < 1.29 is 18.7 Å². The third-order valence-electron chi connectivity index (χ3n) is 4.50. The first-order chi connectivity index (χ1) is 14.1. The molecule has 0 spiro atoms. The van der Waals surface area contributed by atoms with Crippen LogP contribution in [0.2, 0.25) is 0 Å². The number of hydrogen-bond acceptors (Lipinski definition) is 6. The van der Waals surface area contributed by atoms with Crippen molar-refractivity contribution in [3.05, 3.63) is 60.4 Å². The van der Waals surface area contributed by atoms with Gasteiger partial charge in [0.05, 0.1) is 15.9 Å². The molecule has 3 heterocycles. The Labute approximate surface area is 169 Å². The number of para-hydroxylation sites is 1. The summed E-state index contributed by atoms with van der Waals surface area (Å²) in [6, 6.07) is 16.2. The molecule has 8 heteroatoms. The number of nitrogens with one attached hydrogen (secondary N) is 2. The summed E-state index contributed by atoms with van der Waals surface area (Å²) < 4.78 is 12.3. The molecule has 0 radical (unpaired) electrons. The van der Waals surface area contributed by atoms with Crippen molar-refractivity contribution >= 4 is 44.7 Å². The number of hydrogen-bond donors (Lipinski definition) is 2. The molecule has 4 aromatic rings.